The van der Waals surface area contributed by atoms with Crippen molar-refractivity contribution in [3.05, 3.63) is 91.8 Å². The van der Waals surface area contributed by atoms with Crippen molar-refractivity contribution in [1.82, 2.24) is 19.7 Å². The Kier molecular flexibility index (Phi) is 7.95. The van der Waals surface area contributed by atoms with E-state index in [1.165, 1.54) is 11.8 Å². The number of allylic oxidation sites excluding steroid dienone is 1. The van der Waals surface area contributed by atoms with E-state index in [9.17, 15) is 4.79 Å². The molecule has 0 aliphatic carbocycles. The molecular formula is C27H28N6OS. The topological polar surface area (TPSA) is 75.9 Å². The molecule has 2 aromatic carbocycles. The zero-order chi connectivity index (χ0) is 24.6. The molecule has 4 aromatic rings. The molecule has 35 heavy (non-hydrogen) atoms. The van der Waals surface area contributed by atoms with Crippen molar-refractivity contribution in [2.45, 2.75) is 31.6 Å². The first-order chi connectivity index (χ1) is 17.1. The number of thioether (sulfide) groups is 1. The van der Waals surface area contributed by atoms with Gasteiger partial charge < -0.3 is 10.2 Å². The van der Waals surface area contributed by atoms with Crippen molar-refractivity contribution >= 4 is 34.7 Å². The maximum Gasteiger partial charge on any atom is 0.237 e. The van der Waals surface area contributed by atoms with E-state index < -0.39 is 0 Å². The minimum absolute atomic E-state index is 0.00684. The number of hydrogen-bond donors (Lipinski definition) is 1. The molecule has 1 amide bonds. The highest BCUT2D eigenvalue weighted by Gasteiger charge is 2.21. The number of pyridine rings is 1. The first-order valence-corrected chi connectivity index (χ1v) is 12.4. The van der Waals surface area contributed by atoms with Crippen molar-refractivity contribution in [3.63, 3.8) is 0 Å². The summed E-state index contributed by atoms with van der Waals surface area (Å²) in [6.07, 6.45) is 5.24. The number of benzene rings is 2. The zero-order valence-electron chi connectivity index (χ0n) is 19.8. The number of amides is 1. The van der Waals surface area contributed by atoms with Crippen LogP contribution < -0.4 is 10.2 Å². The van der Waals surface area contributed by atoms with Crippen LogP contribution in [0.4, 0.5) is 17.1 Å². The van der Waals surface area contributed by atoms with Gasteiger partial charge in [-0.1, -0.05) is 36.0 Å². The Morgan fingerprint density at radius 3 is 2.37 bits per heavy atom. The average Bonchev–Trinajstić information content (AvgIpc) is 3.27. The molecule has 1 N–H and O–H groups in total. The first-order valence-electron chi connectivity index (χ1n) is 11.4. The van der Waals surface area contributed by atoms with Crippen LogP contribution in [0.25, 0.3) is 11.4 Å². The number of rotatable bonds is 10. The van der Waals surface area contributed by atoms with Crippen molar-refractivity contribution in [3.8, 4) is 11.4 Å². The van der Waals surface area contributed by atoms with Crippen molar-refractivity contribution < 1.29 is 4.79 Å². The second-order valence-corrected chi connectivity index (χ2v) is 9.07. The van der Waals surface area contributed by atoms with Crippen LogP contribution in [-0.4, -0.2) is 37.5 Å². The fourth-order valence-corrected chi connectivity index (χ4v) is 4.53. The third-order valence-electron chi connectivity index (χ3n) is 5.28. The summed E-state index contributed by atoms with van der Waals surface area (Å²) in [7, 11) is 0. The van der Waals surface area contributed by atoms with E-state index >= 15 is 0 Å². The second kappa shape index (κ2) is 11.5. The minimum atomic E-state index is 0.00684. The van der Waals surface area contributed by atoms with E-state index in [4.69, 9.17) is 0 Å². The molecule has 0 aliphatic heterocycles. The normalized spacial score (nSPS) is 10.8. The minimum Gasteiger partial charge on any atom is -0.356 e. The number of nitrogens with zero attached hydrogens (tertiary/aromatic N) is 5. The van der Waals surface area contributed by atoms with Crippen LogP contribution in [0.5, 0.6) is 0 Å². The third kappa shape index (κ3) is 5.96. The third-order valence-corrected chi connectivity index (χ3v) is 6.24. The molecule has 2 heterocycles. The Morgan fingerprint density at radius 2 is 1.71 bits per heavy atom. The number of hydrogen-bond acceptors (Lipinski definition) is 6. The highest BCUT2D eigenvalue weighted by molar-refractivity contribution is 7.99. The summed E-state index contributed by atoms with van der Waals surface area (Å²) in [6.45, 7) is 8.43. The lowest BCUT2D eigenvalue weighted by Crippen LogP contribution is -2.38. The lowest BCUT2D eigenvalue weighted by Gasteiger charge is -2.27. The van der Waals surface area contributed by atoms with Gasteiger partial charge in [0.1, 0.15) is 0 Å². The predicted octanol–water partition coefficient (Wildman–Crippen LogP) is 5.80. The molecule has 0 unspecified atom stereocenters. The van der Waals surface area contributed by atoms with Crippen LogP contribution in [0.3, 0.4) is 0 Å². The molecule has 0 radical (unpaired) electrons. The number of carbonyl (C=O) groups is 1. The number of carbonyl (C=O) groups excluding carboxylic acids is 1. The Bertz CT molecular complexity index is 1260. The Morgan fingerprint density at radius 1 is 1.03 bits per heavy atom. The summed E-state index contributed by atoms with van der Waals surface area (Å²) in [6, 6.07) is 21.7. The fraction of sp³-hybridized carbons (Fsp3) is 0.185. The Balaban J connectivity index is 1.47. The first kappa shape index (κ1) is 24.2. The summed E-state index contributed by atoms with van der Waals surface area (Å²) < 4.78 is 1.96. The van der Waals surface area contributed by atoms with E-state index in [1.807, 2.05) is 90.0 Å². The number of aromatic nitrogens is 4. The van der Waals surface area contributed by atoms with Gasteiger partial charge in [-0.15, -0.1) is 16.8 Å². The fourth-order valence-electron chi connectivity index (χ4n) is 3.72. The van der Waals surface area contributed by atoms with Crippen LogP contribution in [0.2, 0.25) is 0 Å². The molecule has 0 saturated carbocycles. The SMILES string of the molecule is C=CCn1c(SCC(=O)N(c2ccc(Nc3ccccc3)cc2)C(C)C)nnc1-c1ccncc1. The van der Waals surface area contributed by atoms with Gasteiger partial charge >= 0.3 is 0 Å². The number of para-hydroxylation sites is 1. The van der Waals surface area contributed by atoms with E-state index in [1.54, 1.807) is 18.5 Å². The molecule has 0 aliphatic rings. The van der Waals surface area contributed by atoms with Gasteiger partial charge in [-0.25, -0.2) is 0 Å². The van der Waals surface area contributed by atoms with Gasteiger partial charge in [0.25, 0.3) is 0 Å². The smallest absolute Gasteiger partial charge is 0.237 e. The van der Waals surface area contributed by atoms with Crippen LogP contribution in [-0.2, 0) is 11.3 Å². The average molecular weight is 485 g/mol. The van der Waals surface area contributed by atoms with Gasteiger partial charge in [-0.3, -0.25) is 14.3 Å². The lowest BCUT2D eigenvalue weighted by atomic mass is 10.2. The lowest BCUT2D eigenvalue weighted by molar-refractivity contribution is -0.116. The van der Waals surface area contributed by atoms with Crippen molar-refractivity contribution in [2.24, 2.45) is 0 Å². The maximum absolute atomic E-state index is 13.3. The molecule has 0 spiro atoms. The zero-order valence-corrected chi connectivity index (χ0v) is 20.7. The monoisotopic (exact) mass is 484 g/mol. The van der Waals surface area contributed by atoms with Crippen LogP contribution >= 0.6 is 11.8 Å². The quantitative estimate of drug-likeness (QED) is 0.226. The molecule has 4 rings (SSSR count). The van der Waals surface area contributed by atoms with E-state index in [0.717, 1.165) is 28.5 Å². The molecule has 0 bridgehead atoms. The van der Waals surface area contributed by atoms with Gasteiger partial charge in [0.15, 0.2) is 11.0 Å². The van der Waals surface area contributed by atoms with Crippen molar-refractivity contribution in [1.29, 1.82) is 0 Å². The Labute approximate surface area is 209 Å². The van der Waals surface area contributed by atoms with Crippen molar-refractivity contribution in [2.75, 3.05) is 16.0 Å². The second-order valence-electron chi connectivity index (χ2n) is 8.13. The van der Waals surface area contributed by atoms with Crippen LogP contribution in [0.15, 0.2) is 96.9 Å². The molecule has 0 fully saturated rings. The van der Waals surface area contributed by atoms with Crippen LogP contribution in [0, 0.1) is 0 Å². The molecule has 2 aromatic heterocycles. The van der Waals surface area contributed by atoms with Gasteiger partial charge in [0.05, 0.1) is 5.75 Å². The summed E-state index contributed by atoms with van der Waals surface area (Å²) in [5, 5.41) is 12.7. The number of anilines is 3. The van der Waals surface area contributed by atoms with E-state index in [0.29, 0.717) is 11.7 Å². The van der Waals surface area contributed by atoms with Gasteiger partial charge in [0, 0.05) is 47.6 Å². The number of nitrogens with one attached hydrogen (secondary N) is 1. The summed E-state index contributed by atoms with van der Waals surface area (Å²) in [5.74, 6) is 0.977. The van der Waals surface area contributed by atoms with Gasteiger partial charge in [-0.05, 0) is 62.4 Å². The standard InChI is InChI=1S/C27H28N6OS/c1-4-18-32-26(21-14-16-28-17-15-21)30-31-27(32)35-19-25(34)33(20(2)3)24-12-10-23(11-13-24)29-22-8-6-5-7-9-22/h4-17,20,29H,1,18-19H2,2-3H3. The van der Waals surface area contributed by atoms with Gasteiger partial charge in [-0.2, -0.15) is 0 Å². The highest BCUT2D eigenvalue weighted by atomic mass is 32.2. The molecule has 7 nitrogen and oxygen atoms in total. The van der Waals surface area contributed by atoms with Gasteiger partial charge in [0.2, 0.25) is 5.91 Å². The molecular weight excluding hydrogens is 456 g/mol. The summed E-state index contributed by atoms with van der Waals surface area (Å²) in [5.41, 5.74) is 3.75. The maximum atomic E-state index is 13.3. The molecule has 178 valence electrons. The van der Waals surface area contributed by atoms with E-state index in [-0.39, 0.29) is 17.7 Å². The Hall–Kier alpha value is -3.91. The largest absolute Gasteiger partial charge is 0.356 e. The van der Waals surface area contributed by atoms with Crippen LogP contribution in [0.1, 0.15) is 13.8 Å². The van der Waals surface area contributed by atoms with E-state index in [2.05, 4.69) is 27.1 Å². The highest BCUT2D eigenvalue weighted by Crippen LogP contribution is 2.27. The molecule has 8 heteroatoms. The predicted molar refractivity (Wildman–Crippen MR) is 143 cm³/mol. The summed E-state index contributed by atoms with van der Waals surface area (Å²) in [4.78, 5) is 19.2. The molecule has 0 saturated heterocycles. The summed E-state index contributed by atoms with van der Waals surface area (Å²) >= 11 is 1.38. The molecule has 0 atom stereocenters.